The summed E-state index contributed by atoms with van der Waals surface area (Å²) in [6, 6.07) is 1.57. The van der Waals surface area contributed by atoms with Crippen molar-refractivity contribution in [2.24, 2.45) is 0 Å². The molecule has 2 rings (SSSR count). The molecule has 6 heteroatoms. The summed E-state index contributed by atoms with van der Waals surface area (Å²) < 4.78 is 5.40. The number of furan rings is 1. The van der Waals surface area contributed by atoms with Gasteiger partial charge in [-0.05, 0) is 34.8 Å². The van der Waals surface area contributed by atoms with Crippen LogP contribution in [0.2, 0.25) is 0 Å². The maximum atomic E-state index is 12.2. The van der Waals surface area contributed by atoms with Crippen molar-refractivity contribution in [3.8, 4) is 0 Å². The quantitative estimate of drug-likeness (QED) is 0.889. The lowest BCUT2D eigenvalue weighted by molar-refractivity contribution is -0.139. The molecule has 1 aromatic heterocycles. The largest absolute Gasteiger partial charge is 0.481 e. The SMILES string of the molecule is O=C(O)CC1(NC(=O)c2ccoc2Br)CCCCC1. The molecule has 0 unspecified atom stereocenters. The Hall–Kier alpha value is -1.30. The smallest absolute Gasteiger partial charge is 0.305 e. The van der Waals surface area contributed by atoms with Crippen LogP contribution in [0.1, 0.15) is 48.9 Å². The predicted molar refractivity (Wildman–Crippen MR) is 71.9 cm³/mol. The van der Waals surface area contributed by atoms with Crippen molar-refractivity contribution in [1.29, 1.82) is 0 Å². The number of hydrogen-bond acceptors (Lipinski definition) is 3. The van der Waals surface area contributed by atoms with Gasteiger partial charge < -0.3 is 14.8 Å². The highest BCUT2D eigenvalue weighted by molar-refractivity contribution is 9.10. The minimum Gasteiger partial charge on any atom is -0.481 e. The van der Waals surface area contributed by atoms with Crippen LogP contribution in [0.25, 0.3) is 0 Å². The van der Waals surface area contributed by atoms with Gasteiger partial charge in [-0.3, -0.25) is 9.59 Å². The Morgan fingerprint density at radius 2 is 2.05 bits per heavy atom. The fourth-order valence-electron chi connectivity index (χ4n) is 2.63. The molecule has 1 amide bonds. The Morgan fingerprint density at radius 1 is 1.37 bits per heavy atom. The van der Waals surface area contributed by atoms with Crippen molar-refractivity contribution in [3.05, 3.63) is 22.6 Å². The van der Waals surface area contributed by atoms with Crippen LogP contribution in [0.4, 0.5) is 0 Å². The number of amides is 1. The zero-order valence-electron chi connectivity index (χ0n) is 10.4. The van der Waals surface area contributed by atoms with Crippen LogP contribution in [0.5, 0.6) is 0 Å². The zero-order valence-corrected chi connectivity index (χ0v) is 12.0. The molecule has 104 valence electrons. The van der Waals surface area contributed by atoms with Gasteiger partial charge in [0.1, 0.15) is 0 Å². The summed E-state index contributed by atoms with van der Waals surface area (Å²) in [4.78, 5) is 23.2. The second kappa shape index (κ2) is 5.77. The highest BCUT2D eigenvalue weighted by Gasteiger charge is 2.36. The first-order chi connectivity index (χ1) is 9.02. The number of rotatable bonds is 4. The zero-order chi connectivity index (χ0) is 13.9. The number of halogens is 1. The Bertz CT molecular complexity index is 477. The summed E-state index contributed by atoms with van der Waals surface area (Å²) in [6.07, 6.45) is 5.78. The van der Waals surface area contributed by atoms with E-state index in [4.69, 9.17) is 9.52 Å². The average Bonchev–Trinajstić information content (AvgIpc) is 2.75. The number of carbonyl (C=O) groups is 2. The van der Waals surface area contributed by atoms with Gasteiger partial charge in [0.05, 0.1) is 23.8 Å². The molecule has 0 saturated heterocycles. The number of carboxylic acids is 1. The maximum Gasteiger partial charge on any atom is 0.305 e. The van der Waals surface area contributed by atoms with Gasteiger partial charge in [0.25, 0.3) is 5.91 Å². The fraction of sp³-hybridized carbons (Fsp3) is 0.538. The van der Waals surface area contributed by atoms with Gasteiger partial charge in [0.15, 0.2) is 4.67 Å². The lowest BCUT2D eigenvalue weighted by Gasteiger charge is -2.36. The monoisotopic (exact) mass is 329 g/mol. The van der Waals surface area contributed by atoms with Crippen molar-refractivity contribution >= 4 is 27.8 Å². The van der Waals surface area contributed by atoms with Crippen molar-refractivity contribution in [3.63, 3.8) is 0 Å². The van der Waals surface area contributed by atoms with E-state index in [1.807, 2.05) is 0 Å². The van der Waals surface area contributed by atoms with E-state index in [9.17, 15) is 9.59 Å². The molecule has 1 fully saturated rings. The minimum absolute atomic E-state index is 0.0335. The standard InChI is InChI=1S/C13H16BrNO4/c14-11-9(4-7-19-11)12(18)15-13(8-10(16)17)5-2-1-3-6-13/h4,7H,1-3,5-6,8H2,(H,15,18)(H,16,17). The van der Waals surface area contributed by atoms with Gasteiger partial charge in [-0.2, -0.15) is 0 Å². The third kappa shape index (κ3) is 3.37. The van der Waals surface area contributed by atoms with Crippen LogP contribution in [0, 0.1) is 0 Å². The van der Waals surface area contributed by atoms with Crippen LogP contribution >= 0.6 is 15.9 Å². The second-order valence-electron chi connectivity index (χ2n) is 4.97. The highest BCUT2D eigenvalue weighted by Crippen LogP contribution is 2.32. The van der Waals surface area contributed by atoms with Crippen LogP contribution in [-0.4, -0.2) is 22.5 Å². The first-order valence-corrected chi connectivity index (χ1v) is 7.09. The normalized spacial score (nSPS) is 17.9. The lowest BCUT2D eigenvalue weighted by atomic mass is 9.79. The lowest BCUT2D eigenvalue weighted by Crippen LogP contribution is -2.51. The average molecular weight is 330 g/mol. The molecule has 0 bridgehead atoms. The van der Waals surface area contributed by atoms with E-state index in [-0.39, 0.29) is 12.3 Å². The molecule has 0 aliphatic heterocycles. The number of carbonyl (C=O) groups excluding carboxylic acids is 1. The molecule has 19 heavy (non-hydrogen) atoms. The van der Waals surface area contributed by atoms with E-state index in [1.54, 1.807) is 6.07 Å². The number of aliphatic carboxylic acids is 1. The molecule has 0 aromatic carbocycles. The highest BCUT2D eigenvalue weighted by atomic mass is 79.9. The van der Waals surface area contributed by atoms with Gasteiger partial charge in [-0.25, -0.2) is 0 Å². The molecule has 1 aromatic rings. The molecule has 0 atom stereocenters. The van der Waals surface area contributed by atoms with E-state index in [0.29, 0.717) is 23.1 Å². The third-order valence-corrected chi connectivity index (χ3v) is 4.16. The van der Waals surface area contributed by atoms with E-state index in [0.717, 1.165) is 19.3 Å². The molecule has 1 aliphatic rings. The number of nitrogens with one attached hydrogen (secondary N) is 1. The molecule has 1 aliphatic carbocycles. The van der Waals surface area contributed by atoms with Crippen molar-refractivity contribution in [2.75, 3.05) is 0 Å². The second-order valence-corrected chi connectivity index (χ2v) is 5.69. The summed E-state index contributed by atoms with van der Waals surface area (Å²) >= 11 is 3.16. The molecular weight excluding hydrogens is 314 g/mol. The van der Waals surface area contributed by atoms with E-state index in [2.05, 4.69) is 21.2 Å². The van der Waals surface area contributed by atoms with E-state index >= 15 is 0 Å². The van der Waals surface area contributed by atoms with Crippen LogP contribution < -0.4 is 5.32 Å². The Kier molecular flexibility index (Phi) is 4.29. The van der Waals surface area contributed by atoms with Gasteiger partial charge >= 0.3 is 5.97 Å². The molecule has 0 spiro atoms. The predicted octanol–water partition coefficient (Wildman–Crippen LogP) is 2.95. The summed E-state index contributed by atoms with van der Waals surface area (Å²) in [5.74, 6) is -1.17. The van der Waals surface area contributed by atoms with Crippen molar-refractivity contribution < 1.29 is 19.1 Å². The molecule has 1 saturated carbocycles. The summed E-state index contributed by atoms with van der Waals surface area (Å²) in [5.41, 5.74) is -0.229. The maximum absolute atomic E-state index is 12.2. The van der Waals surface area contributed by atoms with E-state index in [1.165, 1.54) is 6.26 Å². The van der Waals surface area contributed by atoms with Crippen LogP contribution in [0.3, 0.4) is 0 Å². The van der Waals surface area contributed by atoms with Gasteiger partial charge in [0.2, 0.25) is 0 Å². The van der Waals surface area contributed by atoms with Gasteiger partial charge in [-0.15, -0.1) is 0 Å². The Balaban J connectivity index is 2.14. The number of hydrogen-bond donors (Lipinski definition) is 2. The van der Waals surface area contributed by atoms with Gasteiger partial charge in [-0.1, -0.05) is 19.3 Å². The molecule has 2 N–H and O–H groups in total. The molecule has 5 nitrogen and oxygen atoms in total. The fourth-order valence-corrected chi connectivity index (χ4v) is 3.05. The van der Waals surface area contributed by atoms with Crippen LogP contribution in [-0.2, 0) is 4.79 Å². The molecule has 1 heterocycles. The van der Waals surface area contributed by atoms with Crippen molar-refractivity contribution in [1.82, 2.24) is 5.32 Å². The number of carboxylic acid groups (broad SMARTS) is 1. The Morgan fingerprint density at radius 3 is 2.58 bits per heavy atom. The summed E-state index contributed by atoms with van der Waals surface area (Å²) in [6.45, 7) is 0. The minimum atomic E-state index is -0.881. The third-order valence-electron chi connectivity index (χ3n) is 3.54. The summed E-state index contributed by atoms with van der Waals surface area (Å²) in [5, 5.41) is 11.9. The molecule has 0 radical (unpaired) electrons. The van der Waals surface area contributed by atoms with Crippen LogP contribution in [0.15, 0.2) is 21.4 Å². The summed E-state index contributed by atoms with van der Waals surface area (Å²) in [7, 11) is 0. The van der Waals surface area contributed by atoms with E-state index < -0.39 is 11.5 Å². The molecular formula is C13H16BrNO4. The van der Waals surface area contributed by atoms with Crippen molar-refractivity contribution in [2.45, 2.75) is 44.1 Å². The Labute approximate surface area is 119 Å². The first-order valence-electron chi connectivity index (χ1n) is 6.30. The first kappa shape index (κ1) is 14.1. The topological polar surface area (TPSA) is 79.5 Å². The van der Waals surface area contributed by atoms with Gasteiger partial charge in [0, 0.05) is 0 Å².